The Labute approximate surface area is 121 Å². The highest BCUT2D eigenvalue weighted by Crippen LogP contribution is 2.21. The number of nitrogens with zero attached hydrogens (tertiary/aromatic N) is 3. The fourth-order valence-corrected chi connectivity index (χ4v) is 2.28. The van der Waals surface area contributed by atoms with Crippen LogP contribution in [0, 0.1) is 11.3 Å². The van der Waals surface area contributed by atoms with Gasteiger partial charge >= 0.3 is 5.97 Å². The Balaban J connectivity index is 2.36. The third kappa shape index (κ3) is 2.75. The fourth-order valence-electron chi connectivity index (χ4n) is 2.07. The van der Waals surface area contributed by atoms with Crippen LogP contribution in [0.25, 0.3) is 11.0 Å². The average Bonchev–Trinajstić information content (AvgIpc) is 2.83. The van der Waals surface area contributed by atoms with Crippen LogP contribution in [-0.4, -0.2) is 22.1 Å². The summed E-state index contributed by atoms with van der Waals surface area (Å²) in [6.45, 7) is 2.57. The van der Waals surface area contributed by atoms with Crippen LogP contribution in [0.1, 0.15) is 24.7 Å². The second kappa shape index (κ2) is 6.40. The zero-order chi connectivity index (χ0) is 14.5. The Morgan fingerprint density at radius 2 is 2.35 bits per heavy atom. The second-order valence-electron chi connectivity index (χ2n) is 4.15. The minimum Gasteiger partial charge on any atom is -0.466 e. The molecule has 0 atom stereocenters. The summed E-state index contributed by atoms with van der Waals surface area (Å²) in [4.78, 5) is 15.8. The Morgan fingerprint density at radius 3 is 3.00 bits per heavy atom. The summed E-state index contributed by atoms with van der Waals surface area (Å²) in [5.41, 5.74) is 1.93. The molecule has 0 radical (unpaired) electrons. The Morgan fingerprint density at radius 1 is 1.55 bits per heavy atom. The number of para-hydroxylation sites is 1. The summed E-state index contributed by atoms with van der Waals surface area (Å²) >= 11 is 5.89. The molecule has 0 saturated carbocycles. The molecule has 5 nitrogen and oxygen atoms in total. The van der Waals surface area contributed by atoms with E-state index >= 15 is 0 Å². The molecule has 0 saturated heterocycles. The fraction of sp³-hybridized carbons (Fsp3) is 0.357. The number of alkyl halides is 1. The van der Waals surface area contributed by atoms with Crippen molar-refractivity contribution in [3.63, 3.8) is 0 Å². The molecular formula is C14H14ClN3O2. The highest BCUT2D eigenvalue weighted by molar-refractivity contribution is 6.16. The number of fused-ring (bicyclic) bond motifs is 1. The number of hydrogen-bond acceptors (Lipinski definition) is 4. The molecule has 0 aliphatic carbocycles. The van der Waals surface area contributed by atoms with Crippen molar-refractivity contribution in [2.75, 3.05) is 6.61 Å². The van der Waals surface area contributed by atoms with Crippen LogP contribution in [0.15, 0.2) is 18.2 Å². The molecule has 0 aliphatic rings. The number of rotatable bonds is 5. The number of nitriles is 1. The van der Waals surface area contributed by atoms with Crippen LogP contribution >= 0.6 is 11.6 Å². The number of ether oxygens (including phenoxy) is 1. The molecule has 20 heavy (non-hydrogen) atoms. The van der Waals surface area contributed by atoms with Crippen molar-refractivity contribution in [2.45, 2.75) is 25.8 Å². The van der Waals surface area contributed by atoms with Gasteiger partial charge in [0, 0.05) is 6.54 Å². The Hall–Kier alpha value is -2.06. The molecule has 0 aliphatic heterocycles. The van der Waals surface area contributed by atoms with Crippen LogP contribution < -0.4 is 0 Å². The lowest BCUT2D eigenvalue weighted by Gasteiger charge is -2.07. The van der Waals surface area contributed by atoms with Gasteiger partial charge in [-0.3, -0.25) is 4.79 Å². The third-order valence-electron chi connectivity index (χ3n) is 2.94. The van der Waals surface area contributed by atoms with E-state index in [1.807, 2.05) is 10.6 Å². The van der Waals surface area contributed by atoms with E-state index < -0.39 is 0 Å². The summed E-state index contributed by atoms with van der Waals surface area (Å²) in [6, 6.07) is 7.48. The topological polar surface area (TPSA) is 67.9 Å². The van der Waals surface area contributed by atoms with Crippen molar-refractivity contribution in [3.05, 3.63) is 29.6 Å². The third-order valence-corrected chi connectivity index (χ3v) is 3.18. The minimum atomic E-state index is -0.258. The van der Waals surface area contributed by atoms with Gasteiger partial charge in [-0.15, -0.1) is 11.6 Å². The largest absolute Gasteiger partial charge is 0.466 e. The molecule has 0 bridgehead atoms. The van der Waals surface area contributed by atoms with Gasteiger partial charge in [-0.1, -0.05) is 6.07 Å². The summed E-state index contributed by atoms with van der Waals surface area (Å²) in [6.07, 6.45) is 0.250. The van der Waals surface area contributed by atoms with Gasteiger partial charge in [0.25, 0.3) is 0 Å². The lowest BCUT2D eigenvalue weighted by atomic mass is 10.2. The summed E-state index contributed by atoms with van der Waals surface area (Å²) < 4.78 is 6.77. The number of esters is 1. The van der Waals surface area contributed by atoms with E-state index in [2.05, 4.69) is 11.1 Å². The van der Waals surface area contributed by atoms with E-state index in [4.69, 9.17) is 21.6 Å². The van der Waals surface area contributed by atoms with Crippen molar-refractivity contribution < 1.29 is 9.53 Å². The zero-order valence-corrected chi connectivity index (χ0v) is 11.9. The first kappa shape index (κ1) is 14.4. The van der Waals surface area contributed by atoms with Crippen LogP contribution in [0.2, 0.25) is 0 Å². The molecule has 0 amide bonds. The van der Waals surface area contributed by atoms with Gasteiger partial charge in [0.15, 0.2) is 0 Å². The maximum Gasteiger partial charge on any atom is 0.307 e. The van der Waals surface area contributed by atoms with E-state index in [1.54, 1.807) is 19.1 Å². The highest BCUT2D eigenvalue weighted by Gasteiger charge is 2.14. The van der Waals surface area contributed by atoms with Gasteiger partial charge in [0.05, 0.1) is 30.0 Å². The van der Waals surface area contributed by atoms with E-state index in [0.717, 1.165) is 5.52 Å². The maximum absolute atomic E-state index is 11.5. The van der Waals surface area contributed by atoms with Gasteiger partial charge in [0.1, 0.15) is 17.4 Å². The quantitative estimate of drug-likeness (QED) is 0.627. The van der Waals surface area contributed by atoms with E-state index in [-0.39, 0.29) is 18.3 Å². The highest BCUT2D eigenvalue weighted by atomic mass is 35.5. The lowest BCUT2D eigenvalue weighted by molar-refractivity contribution is -0.143. The molecule has 0 unspecified atom stereocenters. The molecular weight excluding hydrogens is 278 g/mol. The molecule has 1 aromatic carbocycles. The van der Waals surface area contributed by atoms with Crippen LogP contribution in [0.3, 0.4) is 0 Å². The molecule has 0 spiro atoms. The van der Waals surface area contributed by atoms with Gasteiger partial charge in [-0.2, -0.15) is 5.26 Å². The first-order chi connectivity index (χ1) is 9.71. The average molecular weight is 292 g/mol. The number of aromatic nitrogens is 2. The Kier molecular flexibility index (Phi) is 4.59. The van der Waals surface area contributed by atoms with E-state index in [0.29, 0.717) is 30.1 Å². The van der Waals surface area contributed by atoms with E-state index in [1.165, 1.54) is 0 Å². The molecule has 2 aromatic rings. The van der Waals surface area contributed by atoms with Crippen molar-refractivity contribution >= 4 is 28.6 Å². The number of benzene rings is 1. The van der Waals surface area contributed by atoms with Crippen molar-refractivity contribution in [3.8, 4) is 6.07 Å². The maximum atomic E-state index is 11.5. The molecule has 0 fully saturated rings. The predicted molar refractivity (Wildman–Crippen MR) is 75.3 cm³/mol. The summed E-state index contributed by atoms with van der Waals surface area (Å²) in [5.74, 6) is 0.613. The normalized spacial score (nSPS) is 10.4. The predicted octanol–water partition coefficient (Wildman–Crippen LogP) is 2.60. The smallest absolute Gasteiger partial charge is 0.307 e. The van der Waals surface area contributed by atoms with E-state index in [9.17, 15) is 4.79 Å². The molecule has 2 rings (SSSR count). The summed E-state index contributed by atoms with van der Waals surface area (Å²) in [7, 11) is 0. The van der Waals surface area contributed by atoms with Gasteiger partial charge < -0.3 is 9.30 Å². The SMILES string of the molecule is CCOC(=O)CCn1c(CCl)nc2c(C#N)cccc21. The van der Waals surface area contributed by atoms with Gasteiger partial charge in [-0.05, 0) is 19.1 Å². The zero-order valence-electron chi connectivity index (χ0n) is 11.1. The molecule has 0 N–H and O–H groups in total. The first-order valence-corrected chi connectivity index (χ1v) is 6.84. The minimum absolute atomic E-state index is 0.225. The molecule has 1 aromatic heterocycles. The number of carbonyl (C=O) groups is 1. The standard InChI is InChI=1S/C14H14ClN3O2/c1-2-20-13(19)6-7-18-11-5-3-4-10(9-16)14(11)17-12(18)8-15/h3-5H,2,6-8H2,1H3. The second-order valence-corrected chi connectivity index (χ2v) is 4.42. The van der Waals surface area contributed by atoms with Gasteiger partial charge in [-0.25, -0.2) is 4.98 Å². The lowest BCUT2D eigenvalue weighted by Crippen LogP contribution is -2.10. The van der Waals surface area contributed by atoms with Gasteiger partial charge in [0.2, 0.25) is 0 Å². The number of imidazole rings is 1. The number of halogens is 1. The number of hydrogen-bond donors (Lipinski definition) is 0. The number of carbonyl (C=O) groups excluding carboxylic acids is 1. The van der Waals surface area contributed by atoms with Crippen molar-refractivity contribution in [1.29, 1.82) is 5.26 Å². The molecule has 104 valence electrons. The monoisotopic (exact) mass is 291 g/mol. The number of aryl methyl sites for hydroxylation is 1. The molecule has 1 heterocycles. The molecule has 6 heteroatoms. The van der Waals surface area contributed by atoms with Crippen molar-refractivity contribution in [1.82, 2.24) is 9.55 Å². The van der Waals surface area contributed by atoms with Crippen molar-refractivity contribution in [2.24, 2.45) is 0 Å². The van der Waals surface area contributed by atoms with Crippen LogP contribution in [-0.2, 0) is 22.0 Å². The Bertz CT molecular complexity index is 673. The summed E-state index contributed by atoms with van der Waals surface area (Å²) in [5, 5.41) is 9.09. The first-order valence-electron chi connectivity index (χ1n) is 6.31. The van der Waals surface area contributed by atoms with Crippen LogP contribution in [0.4, 0.5) is 0 Å². The van der Waals surface area contributed by atoms with Crippen LogP contribution in [0.5, 0.6) is 0 Å².